The summed E-state index contributed by atoms with van der Waals surface area (Å²) in [5, 5.41) is 0. The summed E-state index contributed by atoms with van der Waals surface area (Å²) < 4.78 is 54.6. The first kappa shape index (κ1) is 23.6. The van der Waals surface area contributed by atoms with Gasteiger partial charge in [0, 0.05) is 12.7 Å². The van der Waals surface area contributed by atoms with Crippen LogP contribution in [0.2, 0.25) is 0 Å². The fourth-order valence-electron chi connectivity index (χ4n) is 4.87. The van der Waals surface area contributed by atoms with Crippen LogP contribution in [0.3, 0.4) is 0 Å². The number of benzene rings is 2. The fourth-order valence-corrected chi connectivity index (χ4v) is 4.87. The Hall–Kier alpha value is -2.53. The molecule has 0 N–H and O–H groups in total. The van der Waals surface area contributed by atoms with Gasteiger partial charge in [0.05, 0.1) is 6.10 Å². The normalized spacial score (nSPS) is 23.1. The number of hydrogen-bond donors (Lipinski definition) is 0. The van der Waals surface area contributed by atoms with Crippen LogP contribution in [-0.2, 0) is 11.3 Å². The SMILES string of the molecule is CCC1CCC(c2ccc(OCc3ccc(C4=CCC(OC)C=C4F)cc3)c(F)c2F)CC1. The third kappa shape index (κ3) is 5.35. The van der Waals surface area contributed by atoms with Crippen molar-refractivity contribution >= 4 is 5.57 Å². The molecular weight excluding hydrogens is 425 g/mol. The van der Waals surface area contributed by atoms with Gasteiger partial charge in [-0.3, -0.25) is 0 Å². The second-order valence-corrected chi connectivity index (χ2v) is 9.03. The van der Waals surface area contributed by atoms with E-state index < -0.39 is 11.6 Å². The maximum Gasteiger partial charge on any atom is 0.200 e. The highest BCUT2D eigenvalue weighted by Crippen LogP contribution is 2.39. The molecule has 0 aromatic heterocycles. The maximum atomic E-state index is 14.8. The number of ether oxygens (including phenoxy) is 2. The van der Waals surface area contributed by atoms with Crippen LogP contribution < -0.4 is 4.74 Å². The monoisotopic (exact) mass is 456 g/mol. The number of allylic oxidation sites excluding steroid dienone is 2. The molecule has 176 valence electrons. The third-order valence-corrected chi connectivity index (χ3v) is 7.05. The minimum Gasteiger partial charge on any atom is -0.486 e. The molecule has 0 radical (unpaired) electrons. The number of methoxy groups -OCH3 is 1. The van der Waals surface area contributed by atoms with Crippen molar-refractivity contribution in [3.63, 3.8) is 0 Å². The van der Waals surface area contributed by atoms with Crippen molar-refractivity contribution in [3.05, 3.63) is 82.7 Å². The van der Waals surface area contributed by atoms with E-state index in [0.29, 0.717) is 23.5 Å². The van der Waals surface area contributed by atoms with Crippen molar-refractivity contribution in [1.82, 2.24) is 0 Å². The van der Waals surface area contributed by atoms with Crippen LogP contribution in [0.5, 0.6) is 5.75 Å². The summed E-state index contributed by atoms with van der Waals surface area (Å²) in [4.78, 5) is 0. The molecule has 5 heteroatoms. The van der Waals surface area contributed by atoms with Crippen molar-refractivity contribution in [2.75, 3.05) is 7.11 Å². The molecule has 4 rings (SSSR count). The van der Waals surface area contributed by atoms with Gasteiger partial charge in [-0.15, -0.1) is 0 Å². The number of hydrogen-bond acceptors (Lipinski definition) is 2. The molecule has 1 atom stereocenters. The van der Waals surface area contributed by atoms with E-state index in [2.05, 4.69) is 6.92 Å². The van der Waals surface area contributed by atoms with E-state index in [9.17, 15) is 13.2 Å². The van der Waals surface area contributed by atoms with Gasteiger partial charge in [0.1, 0.15) is 12.4 Å². The van der Waals surface area contributed by atoms with Crippen LogP contribution in [0.4, 0.5) is 13.2 Å². The molecule has 2 aliphatic rings. The van der Waals surface area contributed by atoms with Crippen molar-refractivity contribution in [2.24, 2.45) is 5.92 Å². The Morgan fingerprint density at radius 2 is 1.64 bits per heavy atom. The first-order valence-electron chi connectivity index (χ1n) is 11.8. The molecular formula is C28H31F3O2. The predicted octanol–water partition coefficient (Wildman–Crippen LogP) is 7.88. The highest BCUT2D eigenvalue weighted by Gasteiger charge is 2.26. The number of rotatable bonds is 7. The molecule has 0 heterocycles. The lowest BCUT2D eigenvalue weighted by Crippen LogP contribution is -2.14. The summed E-state index contributed by atoms with van der Waals surface area (Å²) in [6.07, 6.45) is 8.76. The average Bonchev–Trinajstić information content (AvgIpc) is 2.85. The van der Waals surface area contributed by atoms with Crippen LogP contribution in [0.1, 0.15) is 68.1 Å². The van der Waals surface area contributed by atoms with E-state index in [4.69, 9.17) is 9.47 Å². The Balaban J connectivity index is 1.39. The summed E-state index contributed by atoms with van der Waals surface area (Å²) in [6.45, 7) is 2.28. The average molecular weight is 457 g/mol. The quantitative estimate of drug-likeness (QED) is 0.422. The third-order valence-electron chi connectivity index (χ3n) is 7.05. The molecule has 2 nitrogen and oxygen atoms in total. The van der Waals surface area contributed by atoms with E-state index in [0.717, 1.165) is 43.2 Å². The zero-order valence-corrected chi connectivity index (χ0v) is 19.3. The second kappa shape index (κ2) is 10.6. The smallest absolute Gasteiger partial charge is 0.200 e. The van der Waals surface area contributed by atoms with Crippen molar-refractivity contribution < 1.29 is 22.6 Å². The summed E-state index contributed by atoms with van der Waals surface area (Å²) in [5.74, 6) is -1.33. The lowest BCUT2D eigenvalue weighted by Gasteiger charge is -2.28. The molecule has 1 saturated carbocycles. The van der Waals surface area contributed by atoms with Crippen LogP contribution in [0.25, 0.3) is 5.57 Å². The van der Waals surface area contributed by atoms with Gasteiger partial charge in [0.2, 0.25) is 5.82 Å². The Labute approximate surface area is 194 Å². The molecule has 0 aliphatic heterocycles. The molecule has 2 aromatic rings. The van der Waals surface area contributed by atoms with Crippen molar-refractivity contribution in [3.8, 4) is 5.75 Å². The van der Waals surface area contributed by atoms with Gasteiger partial charge in [-0.1, -0.05) is 49.8 Å². The van der Waals surface area contributed by atoms with Crippen LogP contribution >= 0.6 is 0 Å². The zero-order chi connectivity index (χ0) is 23.4. The van der Waals surface area contributed by atoms with Gasteiger partial charge in [-0.2, -0.15) is 4.39 Å². The van der Waals surface area contributed by atoms with E-state index in [1.165, 1.54) is 12.1 Å². The molecule has 1 unspecified atom stereocenters. The first-order valence-corrected chi connectivity index (χ1v) is 11.8. The fraction of sp³-hybridized carbons (Fsp3) is 0.429. The van der Waals surface area contributed by atoms with E-state index in [1.807, 2.05) is 6.08 Å². The minimum absolute atomic E-state index is 0.0756. The van der Waals surface area contributed by atoms with E-state index in [1.54, 1.807) is 37.4 Å². The molecule has 2 aromatic carbocycles. The molecule has 1 fully saturated rings. The van der Waals surface area contributed by atoms with Crippen LogP contribution in [-0.4, -0.2) is 13.2 Å². The Bertz CT molecular complexity index is 1020. The van der Waals surface area contributed by atoms with Gasteiger partial charge in [-0.25, -0.2) is 8.78 Å². The lowest BCUT2D eigenvalue weighted by atomic mass is 9.77. The molecule has 0 amide bonds. The van der Waals surface area contributed by atoms with Gasteiger partial charge >= 0.3 is 0 Å². The second-order valence-electron chi connectivity index (χ2n) is 9.03. The minimum atomic E-state index is -0.922. The number of halogens is 3. The lowest BCUT2D eigenvalue weighted by molar-refractivity contribution is 0.141. The standard InChI is InChI=1S/C28H31F3O2/c1-3-18-4-8-21(9-5-18)24-14-15-26(28(31)27(24)30)33-17-19-6-10-20(11-7-19)23-13-12-22(32-2)16-25(23)29/h6-7,10-11,13-16,18,21-22H,3-5,8-9,12,17H2,1-2H3. The summed E-state index contributed by atoms with van der Waals surface area (Å²) in [7, 11) is 1.56. The van der Waals surface area contributed by atoms with E-state index >= 15 is 0 Å². The summed E-state index contributed by atoms with van der Waals surface area (Å²) in [5.41, 5.74) is 2.54. The summed E-state index contributed by atoms with van der Waals surface area (Å²) in [6, 6.07) is 10.4. The van der Waals surface area contributed by atoms with Gasteiger partial charge < -0.3 is 9.47 Å². The highest BCUT2D eigenvalue weighted by molar-refractivity contribution is 5.78. The predicted molar refractivity (Wildman–Crippen MR) is 125 cm³/mol. The molecule has 0 bridgehead atoms. The Kier molecular flexibility index (Phi) is 7.59. The van der Waals surface area contributed by atoms with Crippen LogP contribution in [0, 0.1) is 17.6 Å². The summed E-state index contributed by atoms with van der Waals surface area (Å²) >= 11 is 0. The Morgan fingerprint density at radius 3 is 2.27 bits per heavy atom. The first-order chi connectivity index (χ1) is 16.0. The Morgan fingerprint density at radius 1 is 0.909 bits per heavy atom. The molecule has 0 spiro atoms. The van der Waals surface area contributed by atoms with Gasteiger partial charge in [0.25, 0.3) is 0 Å². The maximum absolute atomic E-state index is 14.8. The molecule has 2 aliphatic carbocycles. The highest BCUT2D eigenvalue weighted by atomic mass is 19.2. The molecule has 33 heavy (non-hydrogen) atoms. The van der Waals surface area contributed by atoms with Crippen molar-refractivity contribution in [1.29, 1.82) is 0 Å². The molecule has 0 saturated heterocycles. The van der Waals surface area contributed by atoms with Gasteiger partial charge in [-0.05, 0) is 72.8 Å². The zero-order valence-electron chi connectivity index (χ0n) is 19.3. The van der Waals surface area contributed by atoms with E-state index in [-0.39, 0.29) is 30.2 Å². The topological polar surface area (TPSA) is 18.5 Å². The van der Waals surface area contributed by atoms with Crippen LogP contribution in [0.15, 0.2) is 54.4 Å². The largest absolute Gasteiger partial charge is 0.486 e. The van der Waals surface area contributed by atoms with Gasteiger partial charge in [0.15, 0.2) is 11.6 Å². The van der Waals surface area contributed by atoms with Crippen molar-refractivity contribution in [2.45, 2.75) is 64.1 Å².